The normalized spacial score (nSPS) is 23.8. The number of likely N-dealkylation sites (tertiary alicyclic amines) is 1. The van der Waals surface area contributed by atoms with Crippen LogP contribution in [0.5, 0.6) is 0 Å². The fraction of sp³-hybridized carbons (Fsp3) is 0.385. The molecule has 2 aromatic carbocycles. The van der Waals surface area contributed by atoms with Crippen LogP contribution in [0.25, 0.3) is 4.85 Å². The molecule has 1 fully saturated rings. The highest BCUT2D eigenvalue weighted by molar-refractivity contribution is 6.30. The van der Waals surface area contributed by atoms with Crippen molar-refractivity contribution in [3.8, 4) is 0 Å². The van der Waals surface area contributed by atoms with Crippen molar-refractivity contribution in [2.45, 2.75) is 56.5 Å². The highest BCUT2D eigenvalue weighted by atomic mass is 35.5. The predicted octanol–water partition coefficient (Wildman–Crippen LogP) is 4.17. The van der Waals surface area contributed by atoms with Crippen LogP contribution in [0, 0.1) is 6.57 Å². The first-order chi connectivity index (χ1) is 16.5. The van der Waals surface area contributed by atoms with Gasteiger partial charge in [0.2, 0.25) is 5.91 Å². The van der Waals surface area contributed by atoms with Crippen LogP contribution in [0.1, 0.15) is 48.2 Å². The number of benzene rings is 2. The van der Waals surface area contributed by atoms with Gasteiger partial charge in [-0.05, 0) is 49.2 Å². The molecule has 35 heavy (non-hydrogen) atoms. The molecule has 3 amide bonds. The first-order valence-electron chi connectivity index (χ1n) is 11.4. The predicted molar refractivity (Wildman–Crippen MR) is 128 cm³/mol. The van der Waals surface area contributed by atoms with Crippen molar-refractivity contribution in [1.29, 1.82) is 0 Å². The maximum Gasteiger partial charge on any atom is 0.302 e. The molecule has 7 nitrogen and oxygen atoms in total. The lowest BCUT2D eigenvalue weighted by Crippen LogP contribution is -2.52. The Kier molecular flexibility index (Phi) is 5.37. The summed E-state index contributed by atoms with van der Waals surface area (Å²) in [4.78, 5) is 46.7. The van der Waals surface area contributed by atoms with Gasteiger partial charge in [0, 0.05) is 35.8 Å². The maximum atomic E-state index is 14.9. The van der Waals surface area contributed by atoms with Crippen molar-refractivity contribution in [2.75, 3.05) is 11.9 Å². The monoisotopic (exact) mass is 494 g/mol. The fourth-order valence-electron chi connectivity index (χ4n) is 5.50. The van der Waals surface area contributed by atoms with E-state index in [1.165, 1.54) is 23.6 Å². The van der Waals surface area contributed by atoms with E-state index in [-0.39, 0.29) is 37.7 Å². The van der Waals surface area contributed by atoms with E-state index in [0.717, 1.165) is 5.56 Å². The van der Waals surface area contributed by atoms with Gasteiger partial charge in [0.1, 0.15) is 17.1 Å². The Labute approximate surface area is 207 Å². The lowest BCUT2D eigenvalue weighted by Gasteiger charge is -2.33. The number of hydrogen-bond donors (Lipinski definition) is 1. The summed E-state index contributed by atoms with van der Waals surface area (Å²) < 4.78 is 14.9. The minimum Gasteiger partial charge on any atom is -0.325 e. The Morgan fingerprint density at radius 3 is 2.77 bits per heavy atom. The number of carbonyl (C=O) groups is 3. The third-order valence-corrected chi connectivity index (χ3v) is 7.36. The number of hydrogen-bond acceptors (Lipinski definition) is 3. The van der Waals surface area contributed by atoms with Crippen LogP contribution in [0.15, 0.2) is 42.5 Å². The number of fused-ring (bicyclic) bond motifs is 3. The number of carbonyl (C=O) groups excluding carboxylic acids is 3. The summed E-state index contributed by atoms with van der Waals surface area (Å²) >= 11 is 6.10. The molecule has 3 heterocycles. The van der Waals surface area contributed by atoms with Gasteiger partial charge in [-0.1, -0.05) is 29.8 Å². The number of alkyl halides is 1. The van der Waals surface area contributed by atoms with E-state index in [1.807, 2.05) is 18.2 Å². The van der Waals surface area contributed by atoms with Gasteiger partial charge in [-0.2, -0.15) is 0 Å². The smallest absolute Gasteiger partial charge is 0.302 e. The van der Waals surface area contributed by atoms with Crippen molar-refractivity contribution in [3.63, 3.8) is 0 Å². The zero-order chi connectivity index (χ0) is 25.1. The Bertz CT molecular complexity index is 1300. The molecule has 0 unspecified atom stereocenters. The van der Waals surface area contributed by atoms with E-state index in [2.05, 4.69) is 10.2 Å². The van der Waals surface area contributed by atoms with Crippen LogP contribution in [0.3, 0.4) is 0 Å². The third-order valence-electron chi connectivity index (χ3n) is 7.13. The van der Waals surface area contributed by atoms with E-state index < -0.39 is 29.2 Å². The Balaban J connectivity index is 1.50. The van der Waals surface area contributed by atoms with Gasteiger partial charge < -0.3 is 10.2 Å². The van der Waals surface area contributed by atoms with Crippen molar-refractivity contribution in [3.05, 3.63) is 75.6 Å². The highest BCUT2D eigenvalue weighted by Gasteiger charge is 2.59. The second-order valence-corrected chi connectivity index (χ2v) is 10.5. The molecule has 0 saturated carbocycles. The van der Waals surface area contributed by atoms with Crippen molar-refractivity contribution < 1.29 is 18.8 Å². The number of anilines is 1. The van der Waals surface area contributed by atoms with E-state index >= 15 is 0 Å². The third kappa shape index (κ3) is 3.75. The topological polar surface area (TPSA) is 74.1 Å². The first-order valence-corrected chi connectivity index (χ1v) is 11.8. The standard InChI is InChI=1S/C26H24ClFN4O3/c1-25(2,28)11-20(31-13-15-10-16(27)8-9-17(15)22(31)33)23(34)32-14-26(12-21(32)29-3)18-6-4-5-7-19(18)30-24(26)35/h4-10,20-21H,11-14H2,1-2H3,(H,30,35)/t20-,21-,26-/m0/s1. The summed E-state index contributed by atoms with van der Waals surface area (Å²) in [5.41, 5.74) is -0.305. The van der Waals surface area contributed by atoms with Crippen molar-refractivity contribution in [1.82, 2.24) is 9.80 Å². The molecule has 1 saturated heterocycles. The number of nitrogens with one attached hydrogen (secondary N) is 1. The highest BCUT2D eigenvalue weighted by Crippen LogP contribution is 2.47. The molecule has 2 aromatic rings. The molecule has 9 heteroatoms. The molecular weight excluding hydrogens is 471 g/mol. The molecule has 5 rings (SSSR count). The molecule has 180 valence electrons. The maximum absolute atomic E-state index is 14.9. The summed E-state index contributed by atoms with van der Waals surface area (Å²) in [7, 11) is 0. The average Bonchev–Trinajstić information content (AvgIpc) is 3.44. The first kappa shape index (κ1) is 23.3. The average molecular weight is 495 g/mol. The lowest BCUT2D eigenvalue weighted by molar-refractivity contribution is -0.138. The van der Waals surface area contributed by atoms with Gasteiger partial charge >= 0.3 is 6.17 Å². The minimum absolute atomic E-state index is 0.00819. The van der Waals surface area contributed by atoms with Crippen molar-refractivity contribution >= 4 is 35.0 Å². The Hall–Kier alpha value is -3.44. The number of para-hydroxylation sites is 1. The molecule has 1 spiro atoms. The number of amides is 3. The summed E-state index contributed by atoms with van der Waals surface area (Å²) in [5, 5.41) is 3.33. The van der Waals surface area contributed by atoms with Gasteiger partial charge in [-0.25, -0.2) is 11.0 Å². The molecule has 0 radical (unpaired) electrons. The second-order valence-electron chi connectivity index (χ2n) is 10.0. The van der Waals surface area contributed by atoms with Crippen LogP contribution >= 0.6 is 11.6 Å². The van der Waals surface area contributed by atoms with Crippen LogP contribution in [-0.2, 0) is 21.5 Å². The summed E-state index contributed by atoms with van der Waals surface area (Å²) in [6, 6.07) is 11.0. The summed E-state index contributed by atoms with van der Waals surface area (Å²) in [6.45, 7) is 10.6. The Morgan fingerprint density at radius 2 is 2.06 bits per heavy atom. The number of halogens is 2. The molecule has 0 bridgehead atoms. The number of rotatable bonds is 4. The molecule has 1 N–H and O–H groups in total. The number of nitrogens with zero attached hydrogens (tertiary/aromatic N) is 3. The lowest BCUT2D eigenvalue weighted by atomic mass is 9.80. The van der Waals surface area contributed by atoms with Crippen LogP contribution < -0.4 is 5.32 Å². The zero-order valence-corrected chi connectivity index (χ0v) is 20.1. The summed E-state index contributed by atoms with van der Waals surface area (Å²) in [5.74, 6) is -1.17. The molecule has 0 aromatic heterocycles. The molecule has 3 aliphatic heterocycles. The zero-order valence-electron chi connectivity index (χ0n) is 19.3. The van der Waals surface area contributed by atoms with E-state index in [0.29, 0.717) is 21.8 Å². The molecular formula is C26H24ClFN4O3. The Morgan fingerprint density at radius 1 is 1.31 bits per heavy atom. The SMILES string of the molecule is [C-]#[N+][C@@H]1C[C@@]2(CN1C(=O)[C@H](CC(C)(C)F)N1Cc3cc(Cl)ccc3C1=O)C(=O)Nc1ccccc12. The van der Waals surface area contributed by atoms with Crippen LogP contribution in [-0.4, -0.2) is 51.9 Å². The van der Waals surface area contributed by atoms with Crippen LogP contribution in [0.2, 0.25) is 5.02 Å². The molecule has 3 atom stereocenters. The van der Waals surface area contributed by atoms with E-state index in [1.54, 1.807) is 24.3 Å². The van der Waals surface area contributed by atoms with E-state index in [4.69, 9.17) is 18.2 Å². The van der Waals surface area contributed by atoms with Crippen molar-refractivity contribution in [2.24, 2.45) is 0 Å². The van der Waals surface area contributed by atoms with Gasteiger partial charge in [-0.3, -0.25) is 24.1 Å². The van der Waals surface area contributed by atoms with Gasteiger partial charge in [0.15, 0.2) is 0 Å². The van der Waals surface area contributed by atoms with Crippen LogP contribution in [0.4, 0.5) is 10.1 Å². The van der Waals surface area contributed by atoms with Gasteiger partial charge in [0.05, 0.1) is 6.42 Å². The second kappa shape index (κ2) is 8.06. The van der Waals surface area contributed by atoms with Gasteiger partial charge in [0.25, 0.3) is 11.8 Å². The molecule has 3 aliphatic rings. The van der Waals surface area contributed by atoms with E-state index in [9.17, 15) is 18.8 Å². The quantitative estimate of drug-likeness (QED) is 0.648. The summed E-state index contributed by atoms with van der Waals surface area (Å²) in [6.07, 6.45) is -1.00. The molecule has 0 aliphatic carbocycles. The fourth-order valence-corrected chi connectivity index (χ4v) is 5.70. The largest absolute Gasteiger partial charge is 0.325 e. The van der Waals surface area contributed by atoms with Gasteiger partial charge in [-0.15, -0.1) is 0 Å². The minimum atomic E-state index is -1.75.